The van der Waals surface area contributed by atoms with Crippen LogP contribution in [0.4, 0.5) is 0 Å². The molecule has 1 aliphatic carbocycles. The van der Waals surface area contributed by atoms with E-state index in [4.69, 9.17) is 23.2 Å². The van der Waals surface area contributed by atoms with Crippen LogP contribution in [0.15, 0.2) is 35.3 Å². The van der Waals surface area contributed by atoms with Crippen molar-refractivity contribution in [2.45, 2.75) is 18.8 Å². The summed E-state index contributed by atoms with van der Waals surface area (Å²) < 4.78 is 1.47. The lowest BCUT2D eigenvalue weighted by atomic mass is 10.1. The molecule has 6 heteroatoms. The Morgan fingerprint density at radius 1 is 1.24 bits per heavy atom. The zero-order valence-electron chi connectivity index (χ0n) is 10.9. The van der Waals surface area contributed by atoms with Gasteiger partial charge in [-0.3, -0.25) is 9.89 Å². The lowest BCUT2D eigenvalue weighted by Gasteiger charge is -2.05. The van der Waals surface area contributed by atoms with Crippen LogP contribution in [0.25, 0.3) is 16.9 Å². The summed E-state index contributed by atoms with van der Waals surface area (Å²) in [4.78, 5) is 16.9. The third-order valence-electron chi connectivity index (χ3n) is 3.75. The second-order valence-corrected chi connectivity index (χ2v) is 6.11. The fourth-order valence-electron chi connectivity index (χ4n) is 2.53. The smallest absolute Gasteiger partial charge is 0.273 e. The van der Waals surface area contributed by atoms with Crippen LogP contribution in [0.1, 0.15) is 24.3 Å². The summed E-state index contributed by atoms with van der Waals surface area (Å²) >= 11 is 12.1. The van der Waals surface area contributed by atoms with E-state index in [1.807, 2.05) is 6.20 Å². The van der Waals surface area contributed by atoms with E-state index < -0.39 is 0 Å². The molecule has 1 fully saturated rings. The van der Waals surface area contributed by atoms with Crippen molar-refractivity contribution in [2.75, 3.05) is 0 Å². The van der Waals surface area contributed by atoms with Gasteiger partial charge in [-0.1, -0.05) is 23.2 Å². The number of aromatic nitrogens is 3. The van der Waals surface area contributed by atoms with Gasteiger partial charge in [-0.2, -0.15) is 0 Å². The Bertz CT molecular complexity index is 909. The summed E-state index contributed by atoms with van der Waals surface area (Å²) in [6.07, 6.45) is 4.17. The Labute approximate surface area is 130 Å². The van der Waals surface area contributed by atoms with Crippen LogP contribution in [0, 0.1) is 0 Å². The number of hydrogen-bond acceptors (Lipinski definition) is 2. The molecule has 0 atom stereocenters. The highest BCUT2D eigenvalue weighted by Crippen LogP contribution is 2.41. The third-order valence-corrected chi connectivity index (χ3v) is 4.30. The summed E-state index contributed by atoms with van der Waals surface area (Å²) in [5.41, 5.74) is 2.92. The van der Waals surface area contributed by atoms with E-state index in [9.17, 15) is 4.79 Å². The summed E-state index contributed by atoms with van der Waals surface area (Å²) in [6.45, 7) is 0. The van der Waals surface area contributed by atoms with Crippen molar-refractivity contribution in [3.05, 3.63) is 56.4 Å². The van der Waals surface area contributed by atoms with Gasteiger partial charge in [0.1, 0.15) is 0 Å². The minimum absolute atomic E-state index is 0.145. The van der Waals surface area contributed by atoms with Gasteiger partial charge in [0.05, 0.1) is 10.7 Å². The van der Waals surface area contributed by atoms with E-state index in [1.54, 1.807) is 18.2 Å². The first-order valence-corrected chi connectivity index (χ1v) is 7.45. The van der Waals surface area contributed by atoms with Crippen LogP contribution in [-0.2, 0) is 0 Å². The SMILES string of the molecule is O=c1cc(-c2ccc(Cl)cc2Cl)nc2c(C3CC3)c[nH]n12. The molecule has 2 heterocycles. The summed E-state index contributed by atoms with van der Waals surface area (Å²) in [5, 5.41) is 4.01. The normalized spacial score (nSPS) is 14.8. The maximum atomic E-state index is 12.2. The number of rotatable bonds is 2. The molecule has 0 bridgehead atoms. The highest BCUT2D eigenvalue weighted by atomic mass is 35.5. The first kappa shape index (κ1) is 12.9. The molecule has 0 spiro atoms. The van der Waals surface area contributed by atoms with Crippen LogP contribution in [0.5, 0.6) is 0 Å². The molecule has 0 radical (unpaired) electrons. The highest BCUT2D eigenvalue weighted by molar-refractivity contribution is 6.36. The number of nitrogens with one attached hydrogen (secondary N) is 1. The Balaban J connectivity index is 1.96. The average Bonchev–Trinajstić information content (AvgIpc) is 3.19. The van der Waals surface area contributed by atoms with E-state index >= 15 is 0 Å². The molecule has 2 aromatic heterocycles. The molecule has 1 N–H and O–H groups in total. The Morgan fingerprint density at radius 2 is 2.05 bits per heavy atom. The zero-order chi connectivity index (χ0) is 14.6. The number of nitrogens with zero attached hydrogens (tertiary/aromatic N) is 2. The van der Waals surface area contributed by atoms with Gasteiger partial charge in [-0.25, -0.2) is 9.50 Å². The molecule has 0 unspecified atom stereocenters. The van der Waals surface area contributed by atoms with E-state index in [2.05, 4.69) is 10.1 Å². The molecule has 4 rings (SSSR count). The predicted octanol–water partition coefficient (Wildman–Crippen LogP) is 3.87. The molecule has 106 valence electrons. The first-order valence-electron chi connectivity index (χ1n) is 6.70. The van der Waals surface area contributed by atoms with Crippen molar-refractivity contribution < 1.29 is 0 Å². The minimum Gasteiger partial charge on any atom is -0.297 e. The standard InChI is InChI=1S/C15H11Cl2N3O/c16-9-3-4-10(12(17)5-9)13-6-14(21)20-15(19-13)11(7-18-20)8-1-2-8/h3-8,18H,1-2H2. The van der Waals surface area contributed by atoms with Gasteiger partial charge in [0.15, 0.2) is 5.65 Å². The second-order valence-electron chi connectivity index (χ2n) is 5.27. The van der Waals surface area contributed by atoms with E-state index in [0.717, 1.165) is 18.4 Å². The van der Waals surface area contributed by atoms with Crippen LogP contribution in [-0.4, -0.2) is 14.6 Å². The third kappa shape index (κ3) is 2.15. The lowest BCUT2D eigenvalue weighted by Crippen LogP contribution is -2.14. The fraction of sp³-hybridized carbons (Fsp3) is 0.200. The van der Waals surface area contributed by atoms with Gasteiger partial charge in [-0.05, 0) is 37.0 Å². The van der Waals surface area contributed by atoms with Gasteiger partial charge < -0.3 is 0 Å². The maximum absolute atomic E-state index is 12.2. The van der Waals surface area contributed by atoms with Crippen molar-refractivity contribution in [3.63, 3.8) is 0 Å². The first-order chi connectivity index (χ1) is 10.1. The van der Waals surface area contributed by atoms with Gasteiger partial charge in [0.25, 0.3) is 5.56 Å². The largest absolute Gasteiger partial charge is 0.297 e. The fourth-order valence-corrected chi connectivity index (χ4v) is 3.03. The van der Waals surface area contributed by atoms with Gasteiger partial charge in [0, 0.05) is 28.4 Å². The summed E-state index contributed by atoms with van der Waals surface area (Å²) in [7, 11) is 0. The van der Waals surface area contributed by atoms with Crippen LogP contribution in [0.2, 0.25) is 10.0 Å². The molecule has 3 aromatic rings. The number of halogens is 2. The quantitative estimate of drug-likeness (QED) is 0.779. The minimum atomic E-state index is -0.145. The average molecular weight is 320 g/mol. The summed E-state index contributed by atoms with van der Waals surface area (Å²) in [6, 6.07) is 6.66. The molecular weight excluding hydrogens is 309 g/mol. The molecule has 0 amide bonds. The van der Waals surface area contributed by atoms with Crippen LogP contribution in [0.3, 0.4) is 0 Å². The Hall–Kier alpha value is -1.78. The van der Waals surface area contributed by atoms with Crippen molar-refractivity contribution in [1.29, 1.82) is 0 Å². The second kappa shape index (κ2) is 4.61. The summed E-state index contributed by atoms with van der Waals surface area (Å²) in [5.74, 6) is 0.508. The van der Waals surface area contributed by atoms with Crippen molar-refractivity contribution in [2.24, 2.45) is 0 Å². The van der Waals surface area contributed by atoms with Crippen LogP contribution >= 0.6 is 23.2 Å². The van der Waals surface area contributed by atoms with E-state index in [-0.39, 0.29) is 5.56 Å². The van der Waals surface area contributed by atoms with Gasteiger partial charge >= 0.3 is 0 Å². The number of aromatic amines is 1. The molecule has 1 aliphatic rings. The molecule has 1 saturated carbocycles. The number of hydrogen-bond donors (Lipinski definition) is 1. The van der Waals surface area contributed by atoms with Crippen molar-refractivity contribution in [1.82, 2.24) is 14.6 Å². The van der Waals surface area contributed by atoms with Crippen molar-refractivity contribution >= 4 is 28.8 Å². The van der Waals surface area contributed by atoms with Crippen LogP contribution < -0.4 is 5.56 Å². The van der Waals surface area contributed by atoms with E-state index in [1.165, 1.54) is 10.6 Å². The maximum Gasteiger partial charge on any atom is 0.273 e. The topological polar surface area (TPSA) is 50.2 Å². The number of H-pyrrole nitrogens is 1. The predicted molar refractivity (Wildman–Crippen MR) is 83.2 cm³/mol. The zero-order valence-corrected chi connectivity index (χ0v) is 12.4. The molecule has 0 aliphatic heterocycles. The molecule has 0 saturated heterocycles. The molecule has 1 aromatic carbocycles. The highest BCUT2D eigenvalue weighted by Gasteiger charge is 2.27. The van der Waals surface area contributed by atoms with Gasteiger partial charge in [0.2, 0.25) is 0 Å². The Morgan fingerprint density at radius 3 is 2.76 bits per heavy atom. The lowest BCUT2D eigenvalue weighted by molar-refractivity contribution is 0.901. The monoisotopic (exact) mass is 319 g/mol. The van der Waals surface area contributed by atoms with Gasteiger partial charge in [-0.15, -0.1) is 0 Å². The number of benzene rings is 1. The number of fused-ring (bicyclic) bond motifs is 1. The molecular formula is C15H11Cl2N3O. The van der Waals surface area contributed by atoms with E-state index in [0.29, 0.717) is 32.9 Å². The molecule has 21 heavy (non-hydrogen) atoms. The Kier molecular flexibility index (Phi) is 2.84. The van der Waals surface area contributed by atoms with Crippen molar-refractivity contribution in [3.8, 4) is 11.3 Å². The molecule has 4 nitrogen and oxygen atoms in total.